The van der Waals surface area contributed by atoms with E-state index in [4.69, 9.17) is 0 Å². The van der Waals surface area contributed by atoms with E-state index in [9.17, 15) is 4.79 Å². The Labute approximate surface area is 98.2 Å². The Kier molecular flexibility index (Phi) is 5.39. The van der Waals surface area contributed by atoms with Gasteiger partial charge in [0, 0.05) is 25.1 Å². The number of alkyl halides is 1. The standard InChI is InChI=1S/C10H16BrN3O/c1-14-9(5-8-13-14)10(15)12-7-4-2-3-6-11/h5,8H,2-4,6-7H2,1H3,(H,12,15). The molecule has 0 radical (unpaired) electrons. The lowest BCUT2D eigenvalue weighted by atomic mass is 10.2. The van der Waals surface area contributed by atoms with Gasteiger partial charge in [0.25, 0.3) is 5.91 Å². The molecule has 1 amide bonds. The van der Waals surface area contributed by atoms with Crippen LogP contribution in [-0.2, 0) is 7.05 Å². The Morgan fingerprint density at radius 1 is 1.53 bits per heavy atom. The lowest BCUT2D eigenvalue weighted by molar-refractivity contribution is 0.0943. The van der Waals surface area contributed by atoms with E-state index >= 15 is 0 Å². The summed E-state index contributed by atoms with van der Waals surface area (Å²) in [7, 11) is 1.76. The maximum atomic E-state index is 11.6. The molecule has 0 aliphatic heterocycles. The highest BCUT2D eigenvalue weighted by molar-refractivity contribution is 9.09. The summed E-state index contributed by atoms with van der Waals surface area (Å²) >= 11 is 3.37. The summed E-state index contributed by atoms with van der Waals surface area (Å²) in [6.45, 7) is 0.733. The number of unbranched alkanes of at least 4 members (excludes halogenated alkanes) is 2. The summed E-state index contributed by atoms with van der Waals surface area (Å²) < 4.78 is 1.58. The summed E-state index contributed by atoms with van der Waals surface area (Å²) in [5.41, 5.74) is 0.607. The molecule has 1 heterocycles. The summed E-state index contributed by atoms with van der Waals surface area (Å²) in [6.07, 6.45) is 4.94. The second kappa shape index (κ2) is 6.61. The van der Waals surface area contributed by atoms with Gasteiger partial charge in [-0.15, -0.1) is 0 Å². The third-order valence-corrected chi connectivity index (χ3v) is 2.71. The quantitative estimate of drug-likeness (QED) is 0.634. The Bertz CT molecular complexity index is 311. The van der Waals surface area contributed by atoms with Gasteiger partial charge in [0.05, 0.1) is 0 Å². The number of hydrogen-bond donors (Lipinski definition) is 1. The highest BCUT2D eigenvalue weighted by atomic mass is 79.9. The molecule has 0 aliphatic carbocycles. The van der Waals surface area contributed by atoms with E-state index in [0.29, 0.717) is 5.69 Å². The Balaban J connectivity index is 2.22. The molecule has 0 fully saturated rings. The number of aromatic nitrogens is 2. The molecule has 15 heavy (non-hydrogen) atoms. The minimum Gasteiger partial charge on any atom is -0.351 e. The second-order valence-corrected chi connectivity index (χ2v) is 4.14. The van der Waals surface area contributed by atoms with Crippen LogP contribution in [0.5, 0.6) is 0 Å². The number of amides is 1. The highest BCUT2D eigenvalue weighted by Gasteiger charge is 2.07. The molecule has 84 valence electrons. The van der Waals surface area contributed by atoms with Gasteiger partial charge in [-0.05, 0) is 18.9 Å². The maximum Gasteiger partial charge on any atom is 0.269 e. The number of hydrogen-bond acceptors (Lipinski definition) is 2. The molecule has 0 saturated heterocycles. The van der Waals surface area contributed by atoms with Crippen LogP contribution >= 0.6 is 15.9 Å². The minimum absolute atomic E-state index is 0.0474. The molecular weight excluding hydrogens is 258 g/mol. The first-order valence-electron chi connectivity index (χ1n) is 5.08. The van der Waals surface area contributed by atoms with Gasteiger partial charge in [-0.1, -0.05) is 22.4 Å². The number of carbonyl (C=O) groups excluding carboxylic acids is 1. The lowest BCUT2D eigenvalue weighted by Gasteiger charge is -2.04. The van der Waals surface area contributed by atoms with Crippen molar-refractivity contribution in [1.82, 2.24) is 15.1 Å². The Morgan fingerprint density at radius 3 is 2.93 bits per heavy atom. The third-order valence-electron chi connectivity index (χ3n) is 2.15. The van der Waals surface area contributed by atoms with Crippen LogP contribution in [0.15, 0.2) is 12.3 Å². The van der Waals surface area contributed by atoms with Crippen LogP contribution in [0.4, 0.5) is 0 Å². The average molecular weight is 274 g/mol. The minimum atomic E-state index is -0.0474. The predicted molar refractivity (Wildman–Crippen MR) is 63.2 cm³/mol. The lowest BCUT2D eigenvalue weighted by Crippen LogP contribution is -2.26. The summed E-state index contributed by atoms with van der Waals surface area (Å²) in [6, 6.07) is 1.72. The fourth-order valence-corrected chi connectivity index (χ4v) is 1.68. The monoisotopic (exact) mass is 273 g/mol. The van der Waals surface area contributed by atoms with E-state index in [1.54, 1.807) is 24.0 Å². The smallest absolute Gasteiger partial charge is 0.269 e. The molecule has 1 rings (SSSR count). The topological polar surface area (TPSA) is 46.9 Å². The molecule has 0 bridgehead atoms. The molecule has 1 aromatic rings. The molecule has 1 N–H and O–H groups in total. The first-order valence-corrected chi connectivity index (χ1v) is 6.20. The fraction of sp³-hybridized carbons (Fsp3) is 0.600. The first kappa shape index (κ1) is 12.2. The van der Waals surface area contributed by atoms with Crippen LogP contribution in [0.25, 0.3) is 0 Å². The van der Waals surface area contributed by atoms with Gasteiger partial charge in [0.1, 0.15) is 5.69 Å². The number of nitrogens with one attached hydrogen (secondary N) is 1. The van der Waals surface area contributed by atoms with Gasteiger partial charge < -0.3 is 5.32 Å². The van der Waals surface area contributed by atoms with Gasteiger partial charge in [0.15, 0.2) is 0 Å². The highest BCUT2D eigenvalue weighted by Crippen LogP contribution is 1.99. The van der Waals surface area contributed by atoms with Gasteiger partial charge in [-0.25, -0.2) is 0 Å². The van der Waals surface area contributed by atoms with Gasteiger partial charge >= 0.3 is 0 Å². The van der Waals surface area contributed by atoms with E-state index in [2.05, 4.69) is 26.3 Å². The van der Waals surface area contributed by atoms with Crippen LogP contribution in [0, 0.1) is 0 Å². The first-order chi connectivity index (χ1) is 7.25. The zero-order valence-corrected chi connectivity index (χ0v) is 10.5. The van der Waals surface area contributed by atoms with Gasteiger partial charge in [-0.3, -0.25) is 9.48 Å². The second-order valence-electron chi connectivity index (χ2n) is 3.35. The molecule has 0 saturated carbocycles. The van der Waals surface area contributed by atoms with Crippen molar-refractivity contribution in [2.45, 2.75) is 19.3 Å². The third kappa shape index (κ3) is 4.03. The molecule has 0 spiro atoms. The number of halogens is 1. The Hall–Kier alpha value is -0.840. The van der Waals surface area contributed by atoms with Crippen LogP contribution in [0.1, 0.15) is 29.8 Å². The van der Waals surface area contributed by atoms with Crippen LogP contribution in [0.2, 0.25) is 0 Å². The van der Waals surface area contributed by atoms with Crippen molar-refractivity contribution in [3.63, 3.8) is 0 Å². The number of aryl methyl sites for hydroxylation is 1. The number of nitrogens with zero attached hydrogens (tertiary/aromatic N) is 2. The van der Waals surface area contributed by atoms with Crippen molar-refractivity contribution in [3.8, 4) is 0 Å². The van der Waals surface area contributed by atoms with Crippen LogP contribution in [0.3, 0.4) is 0 Å². The molecule has 4 nitrogen and oxygen atoms in total. The van der Waals surface area contributed by atoms with Gasteiger partial charge in [-0.2, -0.15) is 5.10 Å². The SMILES string of the molecule is Cn1nccc1C(=O)NCCCCCBr. The molecule has 5 heteroatoms. The van der Waals surface area contributed by atoms with E-state index < -0.39 is 0 Å². The normalized spacial score (nSPS) is 10.3. The summed E-state index contributed by atoms with van der Waals surface area (Å²) in [5.74, 6) is -0.0474. The number of rotatable bonds is 6. The van der Waals surface area contributed by atoms with E-state index in [-0.39, 0.29) is 5.91 Å². The van der Waals surface area contributed by atoms with Crippen molar-refractivity contribution < 1.29 is 4.79 Å². The van der Waals surface area contributed by atoms with Crippen molar-refractivity contribution in [2.24, 2.45) is 7.05 Å². The maximum absolute atomic E-state index is 11.6. The summed E-state index contributed by atoms with van der Waals surface area (Å²) in [5, 5.41) is 7.85. The molecule has 0 atom stereocenters. The van der Waals surface area contributed by atoms with E-state index in [0.717, 1.165) is 31.1 Å². The summed E-state index contributed by atoms with van der Waals surface area (Å²) in [4.78, 5) is 11.6. The largest absolute Gasteiger partial charge is 0.351 e. The predicted octanol–water partition coefficient (Wildman–Crippen LogP) is 1.72. The van der Waals surface area contributed by atoms with Crippen molar-refractivity contribution in [2.75, 3.05) is 11.9 Å². The van der Waals surface area contributed by atoms with Crippen molar-refractivity contribution in [1.29, 1.82) is 0 Å². The van der Waals surface area contributed by atoms with Crippen molar-refractivity contribution >= 4 is 21.8 Å². The van der Waals surface area contributed by atoms with E-state index in [1.807, 2.05) is 0 Å². The fourth-order valence-electron chi connectivity index (χ4n) is 1.29. The molecular formula is C10H16BrN3O. The molecule has 1 aromatic heterocycles. The van der Waals surface area contributed by atoms with Crippen LogP contribution in [-0.4, -0.2) is 27.6 Å². The Morgan fingerprint density at radius 2 is 2.33 bits per heavy atom. The molecule has 0 aliphatic rings. The van der Waals surface area contributed by atoms with Crippen molar-refractivity contribution in [3.05, 3.63) is 18.0 Å². The molecule has 0 aromatic carbocycles. The van der Waals surface area contributed by atoms with E-state index in [1.165, 1.54) is 0 Å². The molecule has 0 unspecified atom stereocenters. The number of carbonyl (C=O) groups is 1. The van der Waals surface area contributed by atoms with Crippen LogP contribution < -0.4 is 5.32 Å². The van der Waals surface area contributed by atoms with Gasteiger partial charge in [0.2, 0.25) is 0 Å². The average Bonchev–Trinajstić information content (AvgIpc) is 2.64. The zero-order valence-electron chi connectivity index (χ0n) is 8.87. The zero-order chi connectivity index (χ0) is 11.1.